The molecule has 0 atom stereocenters. The highest BCUT2D eigenvalue weighted by molar-refractivity contribution is 5.99. The summed E-state index contributed by atoms with van der Waals surface area (Å²) >= 11 is 0. The second kappa shape index (κ2) is 8.32. The number of benzene rings is 2. The molecule has 0 bridgehead atoms. The number of furan rings is 1. The average Bonchev–Trinajstić information content (AvgIpc) is 3.08. The van der Waals surface area contributed by atoms with Gasteiger partial charge in [-0.15, -0.1) is 0 Å². The van der Waals surface area contributed by atoms with E-state index in [0.717, 1.165) is 33.3 Å². The van der Waals surface area contributed by atoms with Gasteiger partial charge in [0, 0.05) is 42.8 Å². The van der Waals surface area contributed by atoms with Crippen LogP contribution in [0.1, 0.15) is 27.2 Å². The molecular formula is C24H27N3O3. The van der Waals surface area contributed by atoms with Crippen molar-refractivity contribution in [2.75, 3.05) is 38.0 Å². The van der Waals surface area contributed by atoms with E-state index in [9.17, 15) is 9.59 Å². The number of para-hydroxylation sites is 2. The van der Waals surface area contributed by atoms with E-state index >= 15 is 0 Å². The fourth-order valence-electron chi connectivity index (χ4n) is 4.02. The largest absolute Gasteiger partial charge is 0.451 e. The van der Waals surface area contributed by atoms with Gasteiger partial charge in [0.05, 0.1) is 6.54 Å². The van der Waals surface area contributed by atoms with Crippen molar-refractivity contribution >= 4 is 28.5 Å². The van der Waals surface area contributed by atoms with E-state index in [1.807, 2.05) is 68.1 Å². The van der Waals surface area contributed by atoms with Crippen LogP contribution in [0.3, 0.4) is 0 Å². The fraction of sp³-hybridized carbons (Fsp3) is 0.333. The highest BCUT2D eigenvalue weighted by Crippen LogP contribution is 2.26. The minimum Gasteiger partial charge on any atom is -0.451 e. The number of carbonyl (C=O) groups excluding carboxylic acids is 2. The smallest absolute Gasteiger partial charge is 0.289 e. The van der Waals surface area contributed by atoms with Crippen molar-refractivity contribution in [2.24, 2.45) is 0 Å². The Hall–Kier alpha value is -3.12. The summed E-state index contributed by atoms with van der Waals surface area (Å²) in [6.07, 6.45) is 0. The molecule has 3 aromatic rings. The van der Waals surface area contributed by atoms with Gasteiger partial charge < -0.3 is 14.6 Å². The van der Waals surface area contributed by atoms with Crippen molar-refractivity contribution in [3.05, 3.63) is 64.9 Å². The number of piperazine rings is 1. The zero-order valence-corrected chi connectivity index (χ0v) is 17.7. The Bertz CT molecular complexity index is 1070. The van der Waals surface area contributed by atoms with Crippen molar-refractivity contribution in [1.29, 1.82) is 0 Å². The van der Waals surface area contributed by atoms with Gasteiger partial charge in [-0.3, -0.25) is 14.5 Å². The molecular weight excluding hydrogens is 378 g/mol. The molecule has 0 spiro atoms. The van der Waals surface area contributed by atoms with Crippen molar-refractivity contribution in [3.8, 4) is 0 Å². The summed E-state index contributed by atoms with van der Waals surface area (Å²) in [4.78, 5) is 29.4. The molecule has 0 saturated carbocycles. The summed E-state index contributed by atoms with van der Waals surface area (Å²) in [5.41, 5.74) is 4.61. The molecule has 6 nitrogen and oxygen atoms in total. The van der Waals surface area contributed by atoms with Crippen LogP contribution >= 0.6 is 0 Å². The van der Waals surface area contributed by atoms with Gasteiger partial charge in [-0.05, 0) is 38.0 Å². The molecule has 1 N–H and O–H groups in total. The van der Waals surface area contributed by atoms with Crippen LogP contribution in [0.25, 0.3) is 11.0 Å². The molecule has 30 heavy (non-hydrogen) atoms. The summed E-state index contributed by atoms with van der Waals surface area (Å²) in [6.45, 7) is 8.70. The number of fused-ring (bicyclic) bond motifs is 1. The Morgan fingerprint density at radius 1 is 0.933 bits per heavy atom. The second-order valence-corrected chi connectivity index (χ2v) is 7.94. The third-order valence-electron chi connectivity index (χ3n) is 5.81. The molecule has 2 aromatic carbocycles. The van der Waals surface area contributed by atoms with Gasteiger partial charge >= 0.3 is 0 Å². The van der Waals surface area contributed by atoms with E-state index in [1.54, 1.807) is 0 Å². The minimum absolute atomic E-state index is 0.0275. The standard InChI is InChI=1S/C24H27N3O3/c1-16-7-6-8-17(2)22(16)25-21(28)15-26-11-13-27(14-12-26)24(29)23-18(3)19-9-4-5-10-20(19)30-23/h4-10H,11-15H2,1-3H3,(H,25,28). The Morgan fingerprint density at radius 2 is 1.60 bits per heavy atom. The number of amides is 2. The quantitative estimate of drug-likeness (QED) is 0.718. The molecule has 1 aliphatic rings. The van der Waals surface area contributed by atoms with Crippen LogP contribution in [0.15, 0.2) is 46.9 Å². The first-order valence-corrected chi connectivity index (χ1v) is 10.3. The number of hydrogen-bond donors (Lipinski definition) is 1. The molecule has 1 aliphatic heterocycles. The first-order chi connectivity index (χ1) is 14.4. The number of rotatable bonds is 4. The SMILES string of the molecule is Cc1cccc(C)c1NC(=O)CN1CCN(C(=O)c2oc3ccccc3c2C)CC1. The van der Waals surface area contributed by atoms with Crippen LogP contribution in [-0.2, 0) is 4.79 Å². The van der Waals surface area contributed by atoms with Crippen LogP contribution in [0, 0.1) is 20.8 Å². The summed E-state index contributed by atoms with van der Waals surface area (Å²) in [5.74, 6) is 0.307. The van der Waals surface area contributed by atoms with E-state index in [0.29, 0.717) is 38.5 Å². The molecule has 2 amide bonds. The zero-order valence-electron chi connectivity index (χ0n) is 17.7. The van der Waals surface area contributed by atoms with Crippen molar-refractivity contribution in [2.45, 2.75) is 20.8 Å². The molecule has 1 saturated heterocycles. The van der Waals surface area contributed by atoms with E-state index in [-0.39, 0.29) is 11.8 Å². The van der Waals surface area contributed by atoms with Crippen LogP contribution in [0.5, 0.6) is 0 Å². The Kier molecular flexibility index (Phi) is 5.59. The van der Waals surface area contributed by atoms with Gasteiger partial charge in [0.2, 0.25) is 5.91 Å². The Labute approximate surface area is 176 Å². The molecule has 6 heteroatoms. The van der Waals surface area contributed by atoms with Crippen LogP contribution in [-0.4, -0.2) is 54.3 Å². The lowest BCUT2D eigenvalue weighted by Crippen LogP contribution is -2.50. The normalized spacial score (nSPS) is 14.8. The number of carbonyl (C=O) groups is 2. The summed E-state index contributed by atoms with van der Waals surface area (Å²) in [7, 11) is 0. The maximum atomic E-state index is 13.0. The summed E-state index contributed by atoms with van der Waals surface area (Å²) < 4.78 is 5.83. The third-order valence-corrected chi connectivity index (χ3v) is 5.81. The lowest BCUT2D eigenvalue weighted by atomic mass is 10.1. The van der Waals surface area contributed by atoms with Crippen molar-refractivity contribution < 1.29 is 14.0 Å². The van der Waals surface area contributed by atoms with Gasteiger partial charge in [0.1, 0.15) is 5.58 Å². The lowest BCUT2D eigenvalue weighted by molar-refractivity contribution is -0.117. The number of anilines is 1. The van der Waals surface area contributed by atoms with E-state index in [4.69, 9.17) is 4.42 Å². The topological polar surface area (TPSA) is 65.8 Å². The molecule has 0 radical (unpaired) electrons. The zero-order chi connectivity index (χ0) is 21.3. The van der Waals surface area contributed by atoms with E-state index < -0.39 is 0 Å². The van der Waals surface area contributed by atoms with Crippen molar-refractivity contribution in [1.82, 2.24) is 9.80 Å². The van der Waals surface area contributed by atoms with Crippen LogP contribution < -0.4 is 5.32 Å². The van der Waals surface area contributed by atoms with Gasteiger partial charge in [-0.2, -0.15) is 0 Å². The molecule has 4 rings (SSSR count). The minimum atomic E-state index is -0.0802. The van der Waals surface area contributed by atoms with Gasteiger partial charge in [-0.1, -0.05) is 36.4 Å². The predicted octanol–water partition coefficient (Wildman–Crippen LogP) is 3.75. The monoisotopic (exact) mass is 405 g/mol. The summed E-state index contributed by atoms with van der Waals surface area (Å²) in [5, 5.41) is 4.01. The molecule has 0 aliphatic carbocycles. The number of nitrogens with zero attached hydrogens (tertiary/aromatic N) is 2. The van der Waals surface area contributed by atoms with Crippen LogP contribution in [0.2, 0.25) is 0 Å². The lowest BCUT2D eigenvalue weighted by Gasteiger charge is -2.34. The maximum absolute atomic E-state index is 13.0. The second-order valence-electron chi connectivity index (χ2n) is 7.94. The van der Waals surface area contributed by atoms with Gasteiger partial charge in [-0.25, -0.2) is 0 Å². The highest BCUT2D eigenvalue weighted by Gasteiger charge is 2.27. The number of nitrogens with one attached hydrogen (secondary N) is 1. The molecule has 0 unspecified atom stereocenters. The average molecular weight is 405 g/mol. The number of hydrogen-bond acceptors (Lipinski definition) is 4. The molecule has 2 heterocycles. The van der Waals surface area contributed by atoms with Gasteiger partial charge in [0.15, 0.2) is 5.76 Å². The first-order valence-electron chi connectivity index (χ1n) is 10.3. The number of aryl methyl sites for hydroxylation is 3. The van der Waals surface area contributed by atoms with Crippen molar-refractivity contribution in [3.63, 3.8) is 0 Å². The summed E-state index contributed by atoms with van der Waals surface area (Å²) in [6, 6.07) is 13.7. The van der Waals surface area contributed by atoms with Crippen LogP contribution in [0.4, 0.5) is 5.69 Å². The fourth-order valence-corrected chi connectivity index (χ4v) is 4.02. The van der Waals surface area contributed by atoms with Gasteiger partial charge in [0.25, 0.3) is 5.91 Å². The van der Waals surface area contributed by atoms with E-state index in [1.165, 1.54) is 0 Å². The Balaban J connectivity index is 1.35. The first kappa shape index (κ1) is 20.2. The third kappa shape index (κ3) is 3.96. The molecule has 1 fully saturated rings. The molecule has 1 aromatic heterocycles. The van der Waals surface area contributed by atoms with E-state index in [2.05, 4.69) is 10.2 Å². The molecule has 156 valence electrons. The predicted molar refractivity (Wildman–Crippen MR) is 118 cm³/mol. The maximum Gasteiger partial charge on any atom is 0.289 e. The Morgan fingerprint density at radius 3 is 2.27 bits per heavy atom. The highest BCUT2D eigenvalue weighted by atomic mass is 16.3.